The van der Waals surface area contributed by atoms with Crippen molar-refractivity contribution in [1.82, 2.24) is 9.69 Å². The van der Waals surface area contributed by atoms with Crippen LogP contribution in [0.2, 0.25) is 0 Å². The third-order valence-corrected chi connectivity index (χ3v) is 6.15. The van der Waals surface area contributed by atoms with Gasteiger partial charge in [-0.1, -0.05) is 31.2 Å². The van der Waals surface area contributed by atoms with Gasteiger partial charge in [-0.15, -0.1) is 0 Å². The molecule has 3 aromatic rings. The quantitative estimate of drug-likeness (QED) is 0.366. The number of nitrogen functional groups attached to an aromatic ring is 1. The first kappa shape index (κ1) is 25.8. The Kier molecular flexibility index (Phi) is 8.50. The molecule has 1 unspecified atom stereocenters. The van der Waals surface area contributed by atoms with Gasteiger partial charge in [0.25, 0.3) is 11.8 Å². The van der Waals surface area contributed by atoms with E-state index in [1.165, 1.54) is 36.3 Å². The Morgan fingerprint density at radius 3 is 2.34 bits per heavy atom. The van der Waals surface area contributed by atoms with Crippen molar-refractivity contribution in [2.75, 3.05) is 30.9 Å². The number of hydrogen-bond donors (Lipinski definition) is 3. The van der Waals surface area contributed by atoms with Crippen LogP contribution in [0.25, 0.3) is 0 Å². The maximum Gasteiger partial charge on any atom is 0.273 e. The third-order valence-electron chi connectivity index (χ3n) is 5.29. The summed E-state index contributed by atoms with van der Waals surface area (Å²) in [5.41, 5.74) is 12.8. The topological polar surface area (TPSA) is 141 Å². The highest BCUT2D eigenvalue weighted by Crippen LogP contribution is 2.33. The van der Waals surface area contributed by atoms with Gasteiger partial charge in [-0.3, -0.25) is 19.3 Å². The molecule has 0 aliphatic rings. The van der Waals surface area contributed by atoms with Gasteiger partial charge in [0.05, 0.1) is 12.3 Å². The largest absolute Gasteiger partial charge is 0.395 e. The Hall–Kier alpha value is -3.83. The van der Waals surface area contributed by atoms with Crippen LogP contribution >= 0.6 is 11.5 Å². The van der Waals surface area contributed by atoms with Gasteiger partial charge in [0.1, 0.15) is 16.7 Å². The summed E-state index contributed by atoms with van der Waals surface area (Å²) in [4.78, 5) is 40.1. The van der Waals surface area contributed by atoms with Crippen LogP contribution in [-0.4, -0.2) is 42.4 Å². The summed E-state index contributed by atoms with van der Waals surface area (Å²) in [6.07, 6.45) is 0.775. The summed E-state index contributed by atoms with van der Waals surface area (Å²) in [7, 11) is 1.50. The van der Waals surface area contributed by atoms with Crippen LogP contribution in [0.15, 0.2) is 48.5 Å². The Morgan fingerprint density at radius 1 is 1.14 bits per heavy atom. The van der Waals surface area contributed by atoms with Crippen molar-refractivity contribution in [1.29, 1.82) is 0 Å². The number of rotatable bonds is 10. The number of halogens is 1. The first-order valence-corrected chi connectivity index (χ1v) is 11.5. The van der Waals surface area contributed by atoms with Crippen molar-refractivity contribution >= 4 is 40.6 Å². The van der Waals surface area contributed by atoms with E-state index in [4.69, 9.17) is 16.2 Å². The molecule has 0 aliphatic carbocycles. The fourth-order valence-corrected chi connectivity index (χ4v) is 4.19. The van der Waals surface area contributed by atoms with Crippen LogP contribution in [0, 0.1) is 5.82 Å². The van der Waals surface area contributed by atoms with E-state index in [-0.39, 0.29) is 29.4 Å². The van der Waals surface area contributed by atoms with Crippen molar-refractivity contribution < 1.29 is 23.5 Å². The molecule has 0 saturated carbocycles. The van der Waals surface area contributed by atoms with E-state index >= 15 is 0 Å². The molecule has 9 nitrogen and oxygen atoms in total. The number of nitrogens with zero attached hydrogens (tertiary/aromatic N) is 2. The number of benzene rings is 2. The molecule has 1 heterocycles. The predicted molar refractivity (Wildman–Crippen MR) is 132 cm³/mol. The lowest BCUT2D eigenvalue weighted by atomic mass is 10.0. The van der Waals surface area contributed by atoms with Gasteiger partial charge in [0.2, 0.25) is 5.91 Å². The van der Waals surface area contributed by atoms with Gasteiger partial charge in [-0.25, -0.2) is 4.39 Å². The number of aromatic nitrogens is 1. The average Bonchev–Trinajstić information content (AvgIpc) is 3.24. The molecule has 2 aromatic carbocycles. The average molecular weight is 500 g/mol. The number of methoxy groups -OCH3 is 1. The minimum atomic E-state index is -1.19. The smallest absolute Gasteiger partial charge is 0.273 e. The summed E-state index contributed by atoms with van der Waals surface area (Å²) in [5.74, 6) is -2.54. The zero-order valence-corrected chi connectivity index (χ0v) is 20.1. The second-order valence-corrected chi connectivity index (χ2v) is 8.34. The molecule has 0 aliphatic heterocycles. The van der Waals surface area contributed by atoms with Crippen LogP contribution in [0.4, 0.5) is 15.8 Å². The number of carbonyl (C=O) groups excluding carboxylic acids is 3. The standard InChI is InChI=1S/C24H26FN5O4S/c1-3-14-4-10-17(11-5-14)30(24(33)21-18(26)19(22(27)31)29-35-21)20(23(32)28-12-13-34-2)15-6-8-16(25)9-7-15/h4-11,20H,3,12-13,26H2,1-2H3,(H2,27,31)(H,28,32). The summed E-state index contributed by atoms with van der Waals surface area (Å²) in [6.45, 7) is 2.44. The van der Waals surface area contributed by atoms with E-state index < -0.39 is 29.6 Å². The van der Waals surface area contributed by atoms with Gasteiger partial charge >= 0.3 is 0 Å². The monoisotopic (exact) mass is 499 g/mol. The fourth-order valence-electron chi connectivity index (χ4n) is 3.45. The molecule has 0 fully saturated rings. The van der Waals surface area contributed by atoms with Crippen molar-refractivity contribution in [3.63, 3.8) is 0 Å². The molecule has 0 radical (unpaired) electrons. The van der Waals surface area contributed by atoms with Gasteiger partial charge in [-0.2, -0.15) is 4.37 Å². The molecule has 5 N–H and O–H groups in total. The molecular weight excluding hydrogens is 473 g/mol. The molecule has 184 valence electrons. The molecule has 0 bridgehead atoms. The summed E-state index contributed by atoms with van der Waals surface area (Å²) >= 11 is 0.713. The van der Waals surface area contributed by atoms with Gasteiger partial charge in [0, 0.05) is 19.3 Å². The van der Waals surface area contributed by atoms with E-state index in [1.807, 2.05) is 19.1 Å². The number of hydrogen-bond acceptors (Lipinski definition) is 7. The van der Waals surface area contributed by atoms with Crippen LogP contribution in [0.5, 0.6) is 0 Å². The molecule has 3 rings (SSSR count). The van der Waals surface area contributed by atoms with Gasteiger partial charge in [-0.05, 0) is 53.3 Å². The molecule has 3 amide bonds. The number of anilines is 2. The first-order valence-electron chi connectivity index (χ1n) is 10.8. The lowest BCUT2D eigenvalue weighted by Gasteiger charge is -2.31. The molecule has 35 heavy (non-hydrogen) atoms. The highest BCUT2D eigenvalue weighted by atomic mass is 32.1. The van der Waals surface area contributed by atoms with Gasteiger partial charge < -0.3 is 21.5 Å². The number of aryl methyl sites for hydroxylation is 1. The molecule has 0 spiro atoms. The minimum Gasteiger partial charge on any atom is -0.395 e. The SMILES string of the molecule is CCc1ccc(N(C(=O)c2snc(C(N)=O)c2N)C(C(=O)NCCOC)c2ccc(F)cc2)cc1. The number of nitrogens with two attached hydrogens (primary N) is 2. The summed E-state index contributed by atoms with van der Waals surface area (Å²) in [5, 5.41) is 2.74. The first-order chi connectivity index (χ1) is 16.8. The second kappa shape index (κ2) is 11.5. The van der Waals surface area contributed by atoms with E-state index in [0.29, 0.717) is 22.8 Å². The number of nitrogens with one attached hydrogen (secondary N) is 1. The third kappa shape index (κ3) is 5.81. The van der Waals surface area contributed by atoms with Crippen LogP contribution < -0.4 is 21.7 Å². The number of carbonyl (C=O) groups is 3. The summed E-state index contributed by atoms with van der Waals surface area (Å²) in [6, 6.07) is 11.2. The number of amides is 3. The maximum atomic E-state index is 13.9. The van der Waals surface area contributed by atoms with Crippen LogP contribution in [0.3, 0.4) is 0 Å². The molecule has 11 heteroatoms. The normalized spacial score (nSPS) is 11.6. The highest BCUT2D eigenvalue weighted by molar-refractivity contribution is 7.09. The molecule has 1 aromatic heterocycles. The Morgan fingerprint density at radius 2 is 1.80 bits per heavy atom. The molecular formula is C24H26FN5O4S. The van der Waals surface area contributed by atoms with E-state index in [2.05, 4.69) is 9.69 Å². The zero-order chi connectivity index (χ0) is 25.5. The Labute approximate surface area is 206 Å². The Balaban J connectivity index is 2.17. The lowest BCUT2D eigenvalue weighted by molar-refractivity contribution is -0.122. The maximum absolute atomic E-state index is 13.9. The number of ether oxygens (including phenoxy) is 1. The molecule has 0 saturated heterocycles. The van der Waals surface area contributed by atoms with E-state index in [1.54, 1.807) is 12.1 Å². The highest BCUT2D eigenvalue weighted by Gasteiger charge is 2.36. The summed E-state index contributed by atoms with van der Waals surface area (Å²) < 4.78 is 22.6. The fraction of sp³-hybridized carbons (Fsp3) is 0.250. The van der Waals surface area contributed by atoms with E-state index in [0.717, 1.165) is 12.0 Å². The number of primary amides is 1. The van der Waals surface area contributed by atoms with Crippen molar-refractivity contribution in [2.24, 2.45) is 5.73 Å². The van der Waals surface area contributed by atoms with Crippen molar-refractivity contribution in [3.05, 3.63) is 76.0 Å². The van der Waals surface area contributed by atoms with E-state index in [9.17, 15) is 18.8 Å². The minimum absolute atomic E-state index is 0.0461. The van der Waals surface area contributed by atoms with Gasteiger partial charge in [0.15, 0.2) is 5.69 Å². The lowest BCUT2D eigenvalue weighted by Crippen LogP contribution is -2.44. The second-order valence-electron chi connectivity index (χ2n) is 7.57. The Bertz CT molecular complexity index is 1200. The zero-order valence-electron chi connectivity index (χ0n) is 19.3. The van der Waals surface area contributed by atoms with Crippen LogP contribution in [0.1, 0.15) is 44.3 Å². The predicted octanol–water partition coefficient (Wildman–Crippen LogP) is 2.68. The van der Waals surface area contributed by atoms with Crippen LogP contribution in [-0.2, 0) is 16.0 Å². The molecule has 1 atom stereocenters. The van der Waals surface area contributed by atoms with Crippen molar-refractivity contribution in [3.8, 4) is 0 Å². The van der Waals surface area contributed by atoms with Crippen molar-refractivity contribution in [2.45, 2.75) is 19.4 Å².